The van der Waals surface area contributed by atoms with E-state index < -0.39 is 11.5 Å². The number of thiazole rings is 1. The number of aliphatic hydroxyl groups is 1. The second-order valence-corrected chi connectivity index (χ2v) is 13.3. The number of hydrogen-bond donors (Lipinski definition) is 3. The van der Waals surface area contributed by atoms with E-state index in [1.54, 1.807) is 11.3 Å². The second kappa shape index (κ2) is 9.16. The van der Waals surface area contributed by atoms with Gasteiger partial charge in [0.2, 0.25) is 5.95 Å². The molecule has 10 heteroatoms. The molecule has 36 heavy (non-hydrogen) atoms. The van der Waals surface area contributed by atoms with Crippen molar-refractivity contribution in [1.82, 2.24) is 19.9 Å². The van der Waals surface area contributed by atoms with Gasteiger partial charge in [0.1, 0.15) is 16.9 Å². The summed E-state index contributed by atoms with van der Waals surface area (Å²) < 4.78 is 12.8. The van der Waals surface area contributed by atoms with Crippen molar-refractivity contribution in [1.29, 1.82) is 0 Å². The zero-order valence-electron chi connectivity index (χ0n) is 22.6. The van der Waals surface area contributed by atoms with Crippen LogP contribution in [0.3, 0.4) is 0 Å². The molecule has 1 saturated heterocycles. The summed E-state index contributed by atoms with van der Waals surface area (Å²) in [7, 11) is 2.13. The third kappa shape index (κ3) is 4.98. The van der Waals surface area contributed by atoms with Gasteiger partial charge in [-0.25, -0.2) is 9.97 Å². The maximum Gasteiger partial charge on any atom is 0.224 e. The molecule has 2 aromatic heterocycles. The Morgan fingerprint density at radius 3 is 2.72 bits per heavy atom. The molecule has 1 saturated carbocycles. The third-order valence-electron chi connectivity index (χ3n) is 7.18. The smallest absolute Gasteiger partial charge is 0.224 e. The quantitative estimate of drug-likeness (QED) is 0.525. The van der Waals surface area contributed by atoms with Crippen LogP contribution in [0.5, 0.6) is 0 Å². The number of fused-ring (bicyclic) bond motifs is 2. The number of nitrogens with one attached hydrogen (secondary N) is 2. The molecule has 1 aliphatic carbocycles. The Labute approximate surface area is 218 Å². The molecule has 2 fully saturated rings. The second-order valence-electron chi connectivity index (χ2n) is 12.2. The zero-order chi connectivity index (χ0) is 25.9. The normalized spacial score (nSPS) is 27.7. The molecule has 4 heterocycles. The van der Waals surface area contributed by atoms with Gasteiger partial charge in [0.15, 0.2) is 11.5 Å². The van der Waals surface area contributed by atoms with Crippen molar-refractivity contribution in [2.24, 2.45) is 11.3 Å². The van der Waals surface area contributed by atoms with Crippen LogP contribution < -0.4 is 10.6 Å². The van der Waals surface area contributed by atoms with E-state index in [4.69, 9.17) is 24.4 Å². The highest BCUT2D eigenvalue weighted by Gasteiger charge is 2.60. The number of aromatic nitrogens is 3. The molecule has 0 radical (unpaired) electrons. The lowest BCUT2D eigenvalue weighted by atomic mass is 9.97. The van der Waals surface area contributed by atoms with Crippen LogP contribution in [0.1, 0.15) is 63.7 Å². The van der Waals surface area contributed by atoms with Crippen LogP contribution in [0.4, 0.5) is 11.8 Å². The first kappa shape index (κ1) is 25.8. The fraction of sp³-hybridized carbons (Fsp3) is 0.731. The number of aliphatic hydroxyl groups excluding tert-OH is 1. The van der Waals surface area contributed by atoms with Crippen LogP contribution >= 0.6 is 11.3 Å². The molecular formula is C26H40N6O3S. The SMILES string of the molecule is Cc1nc(NCC(C)(C)C)nc(NC23CCC(CO)C2OC(C)(C)O3)c1-c1nc2c(s1)CCN(C)C2. The fourth-order valence-corrected chi connectivity index (χ4v) is 6.63. The predicted molar refractivity (Wildman–Crippen MR) is 142 cm³/mol. The van der Waals surface area contributed by atoms with Crippen molar-refractivity contribution in [2.45, 2.75) is 85.0 Å². The number of ether oxygens (including phenoxy) is 2. The van der Waals surface area contributed by atoms with Crippen LogP contribution in [0.15, 0.2) is 0 Å². The first-order valence-corrected chi connectivity index (χ1v) is 13.8. The highest BCUT2D eigenvalue weighted by atomic mass is 32.1. The summed E-state index contributed by atoms with van der Waals surface area (Å²) in [6.07, 6.45) is 2.27. The maximum absolute atomic E-state index is 10.0. The summed E-state index contributed by atoms with van der Waals surface area (Å²) in [5.74, 6) is 0.527. The van der Waals surface area contributed by atoms with E-state index in [9.17, 15) is 5.11 Å². The highest BCUT2D eigenvalue weighted by Crippen LogP contribution is 2.50. The molecule has 9 nitrogen and oxygen atoms in total. The molecular weight excluding hydrogens is 476 g/mol. The van der Waals surface area contributed by atoms with E-state index in [-0.39, 0.29) is 24.0 Å². The van der Waals surface area contributed by atoms with Gasteiger partial charge in [-0.3, -0.25) is 0 Å². The molecule has 198 valence electrons. The van der Waals surface area contributed by atoms with Crippen LogP contribution in [-0.2, 0) is 22.4 Å². The van der Waals surface area contributed by atoms with Gasteiger partial charge in [-0.15, -0.1) is 11.3 Å². The lowest BCUT2D eigenvalue weighted by molar-refractivity contribution is -0.168. The molecule has 5 rings (SSSR count). The minimum Gasteiger partial charge on any atom is -0.396 e. The summed E-state index contributed by atoms with van der Waals surface area (Å²) in [4.78, 5) is 18.5. The molecule has 0 amide bonds. The molecule has 0 spiro atoms. The minimum absolute atomic E-state index is 0.00635. The van der Waals surface area contributed by atoms with Crippen molar-refractivity contribution in [3.8, 4) is 10.6 Å². The predicted octanol–water partition coefficient (Wildman–Crippen LogP) is 4.02. The van der Waals surface area contributed by atoms with Crippen molar-refractivity contribution in [3.63, 3.8) is 0 Å². The Hall–Kier alpha value is -1.85. The summed E-state index contributed by atoms with van der Waals surface area (Å²) >= 11 is 1.74. The monoisotopic (exact) mass is 516 g/mol. The van der Waals surface area contributed by atoms with Gasteiger partial charge in [0, 0.05) is 37.0 Å². The molecule has 3 N–H and O–H groups in total. The Balaban J connectivity index is 1.57. The number of likely N-dealkylation sites (N-methyl/N-ethyl adjacent to an activating group) is 1. The average molecular weight is 517 g/mol. The van der Waals surface area contributed by atoms with E-state index >= 15 is 0 Å². The highest BCUT2D eigenvalue weighted by molar-refractivity contribution is 7.15. The topological polar surface area (TPSA) is 105 Å². The summed E-state index contributed by atoms with van der Waals surface area (Å²) in [5.41, 5.74) is 2.23. The standard InChI is InChI=1S/C26H40N6O3S/c1-15-19(22-29-17-12-32(7)11-9-18(17)36-22)21(30-23(28-15)27-14-24(2,3)4)31-26-10-8-16(13-33)20(26)34-25(5,6)35-26/h16,20,33H,8-14H2,1-7H3,(H2,27,28,30,31). The summed E-state index contributed by atoms with van der Waals surface area (Å²) in [5, 5.41) is 18.1. The summed E-state index contributed by atoms with van der Waals surface area (Å²) in [6, 6.07) is 0. The van der Waals surface area contributed by atoms with Gasteiger partial charge in [-0.05, 0) is 52.5 Å². The molecule has 2 aliphatic heterocycles. The Morgan fingerprint density at radius 1 is 1.22 bits per heavy atom. The average Bonchev–Trinajstić information content (AvgIpc) is 3.39. The molecule has 0 aromatic carbocycles. The van der Waals surface area contributed by atoms with Crippen LogP contribution in [0, 0.1) is 18.3 Å². The van der Waals surface area contributed by atoms with Crippen LogP contribution in [0.25, 0.3) is 10.6 Å². The van der Waals surface area contributed by atoms with E-state index in [1.165, 1.54) is 4.88 Å². The van der Waals surface area contributed by atoms with E-state index in [2.05, 4.69) is 43.4 Å². The van der Waals surface area contributed by atoms with E-state index in [0.717, 1.165) is 60.9 Å². The number of hydrogen-bond acceptors (Lipinski definition) is 10. The summed E-state index contributed by atoms with van der Waals surface area (Å²) in [6.45, 7) is 15.1. The Morgan fingerprint density at radius 2 is 2.00 bits per heavy atom. The lowest BCUT2D eigenvalue weighted by Gasteiger charge is -2.31. The first-order valence-electron chi connectivity index (χ1n) is 13.0. The Kier molecular flexibility index (Phi) is 6.56. The zero-order valence-corrected chi connectivity index (χ0v) is 23.4. The van der Waals surface area contributed by atoms with Crippen LogP contribution in [0.2, 0.25) is 0 Å². The number of nitrogens with zero attached hydrogens (tertiary/aromatic N) is 4. The van der Waals surface area contributed by atoms with Crippen molar-refractivity contribution in [3.05, 3.63) is 16.3 Å². The third-order valence-corrected chi connectivity index (χ3v) is 8.35. The Bertz CT molecular complexity index is 1130. The van der Waals surface area contributed by atoms with Crippen molar-refractivity contribution in [2.75, 3.05) is 37.4 Å². The van der Waals surface area contributed by atoms with Gasteiger partial charge in [-0.1, -0.05) is 20.8 Å². The lowest BCUT2D eigenvalue weighted by Crippen LogP contribution is -2.46. The largest absolute Gasteiger partial charge is 0.396 e. The van der Waals surface area contributed by atoms with Gasteiger partial charge >= 0.3 is 0 Å². The number of aryl methyl sites for hydroxylation is 1. The first-order chi connectivity index (χ1) is 16.9. The van der Waals surface area contributed by atoms with Gasteiger partial charge in [0.25, 0.3) is 0 Å². The van der Waals surface area contributed by atoms with E-state index in [0.29, 0.717) is 11.8 Å². The molecule has 2 aromatic rings. The molecule has 3 unspecified atom stereocenters. The number of rotatable bonds is 6. The molecule has 3 atom stereocenters. The molecule has 3 aliphatic rings. The van der Waals surface area contributed by atoms with Crippen molar-refractivity contribution < 1.29 is 14.6 Å². The fourth-order valence-electron chi connectivity index (χ4n) is 5.47. The maximum atomic E-state index is 10.0. The van der Waals surface area contributed by atoms with Gasteiger partial charge < -0.3 is 30.1 Å². The molecule has 0 bridgehead atoms. The minimum atomic E-state index is -0.773. The van der Waals surface area contributed by atoms with Crippen molar-refractivity contribution >= 4 is 23.1 Å². The van der Waals surface area contributed by atoms with Gasteiger partial charge in [-0.2, -0.15) is 4.98 Å². The number of anilines is 2. The van der Waals surface area contributed by atoms with Crippen LogP contribution in [-0.4, -0.2) is 69.3 Å². The van der Waals surface area contributed by atoms with E-state index in [1.807, 2.05) is 20.8 Å². The van der Waals surface area contributed by atoms with Gasteiger partial charge in [0.05, 0.1) is 17.0 Å².